The number of anilines is 2. The van der Waals surface area contributed by atoms with Crippen molar-refractivity contribution in [3.63, 3.8) is 0 Å². The van der Waals surface area contributed by atoms with E-state index in [0.717, 1.165) is 23.7 Å². The fourth-order valence-electron chi connectivity index (χ4n) is 3.53. The first-order valence-electron chi connectivity index (χ1n) is 9.76. The molecule has 0 aliphatic carbocycles. The maximum atomic E-state index is 13.1. The smallest absolute Gasteiger partial charge is 0.335 e. The summed E-state index contributed by atoms with van der Waals surface area (Å²) in [5.41, 5.74) is 1.34. The van der Waals surface area contributed by atoms with Gasteiger partial charge in [0.2, 0.25) is 0 Å². The molecule has 166 valence electrons. The average molecular weight is 476 g/mol. The number of hydrogen-bond acceptors (Lipinski definition) is 6. The molecule has 2 aromatic carbocycles. The van der Waals surface area contributed by atoms with Gasteiger partial charge in [0.1, 0.15) is 11.3 Å². The third-order valence-electron chi connectivity index (χ3n) is 5.15. The van der Waals surface area contributed by atoms with Crippen molar-refractivity contribution < 1.29 is 23.9 Å². The van der Waals surface area contributed by atoms with Crippen LogP contribution in [0.5, 0.6) is 5.75 Å². The Morgan fingerprint density at radius 2 is 1.81 bits per heavy atom. The summed E-state index contributed by atoms with van der Waals surface area (Å²) in [4.78, 5) is 41.0. The number of amides is 4. The second kappa shape index (κ2) is 9.20. The number of methoxy groups -OCH3 is 1. The van der Waals surface area contributed by atoms with Crippen molar-refractivity contribution in [3.8, 4) is 5.75 Å². The molecule has 4 amide bonds. The standard InChI is InChI=1S/C22H19Cl2N3O5/c1-31-19-12-15(26-6-8-32-9-7-26)4-2-13(19)10-16-20(28)25-22(30)27(21(16)29)18-5-3-14(23)11-17(18)24/h2-5,10-12H,6-9H2,1H3,(H,25,28,30)/b16-10+. The lowest BCUT2D eigenvalue weighted by Gasteiger charge is -2.29. The van der Waals surface area contributed by atoms with Crippen molar-refractivity contribution >= 4 is 58.5 Å². The minimum absolute atomic E-state index is 0.0992. The van der Waals surface area contributed by atoms with Crippen molar-refractivity contribution in [2.75, 3.05) is 43.2 Å². The molecule has 2 saturated heterocycles. The molecule has 0 radical (unpaired) electrons. The van der Waals surface area contributed by atoms with Crippen LogP contribution in [0.25, 0.3) is 6.08 Å². The van der Waals surface area contributed by atoms with Crippen LogP contribution in [0.1, 0.15) is 5.56 Å². The van der Waals surface area contributed by atoms with E-state index in [1.807, 2.05) is 12.1 Å². The van der Waals surface area contributed by atoms with E-state index in [0.29, 0.717) is 29.5 Å². The summed E-state index contributed by atoms with van der Waals surface area (Å²) in [6.45, 7) is 2.78. The Labute approximate surface area is 194 Å². The van der Waals surface area contributed by atoms with Gasteiger partial charge in [0.25, 0.3) is 11.8 Å². The number of morpholine rings is 1. The first-order chi connectivity index (χ1) is 15.4. The maximum Gasteiger partial charge on any atom is 0.335 e. The Morgan fingerprint density at radius 3 is 2.50 bits per heavy atom. The number of rotatable bonds is 4. The molecular weight excluding hydrogens is 457 g/mol. The van der Waals surface area contributed by atoms with Crippen molar-refractivity contribution in [1.29, 1.82) is 0 Å². The highest BCUT2D eigenvalue weighted by Gasteiger charge is 2.38. The van der Waals surface area contributed by atoms with Crippen molar-refractivity contribution in [3.05, 3.63) is 57.6 Å². The summed E-state index contributed by atoms with van der Waals surface area (Å²) in [7, 11) is 1.51. The first kappa shape index (κ1) is 22.1. The largest absolute Gasteiger partial charge is 0.496 e. The predicted octanol–water partition coefficient (Wildman–Crippen LogP) is 3.51. The molecule has 4 rings (SSSR count). The van der Waals surface area contributed by atoms with Crippen LogP contribution in [-0.2, 0) is 14.3 Å². The van der Waals surface area contributed by atoms with Crippen LogP contribution in [0, 0.1) is 0 Å². The van der Waals surface area contributed by atoms with E-state index in [1.54, 1.807) is 6.07 Å². The van der Waals surface area contributed by atoms with Crippen LogP contribution in [0.3, 0.4) is 0 Å². The summed E-state index contributed by atoms with van der Waals surface area (Å²) in [5.74, 6) is -1.13. The van der Waals surface area contributed by atoms with Gasteiger partial charge >= 0.3 is 6.03 Å². The van der Waals surface area contributed by atoms with Gasteiger partial charge in [-0.3, -0.25) is 14.9 Å². The molecular formula is C22H19Cl2N3O5. The second-order valence-corrected chi connectivity index (χ2v) is 7.92. The highest BCUT2D eigenvalue weighted by atomic mass is 35.5. The van der Waals surface area contributed by atoms with Crippen molar-refractivity contribution in [2.45, 2.75) is 0 Å². The zero-order chi connectivity index (χ0) is 22.8. The lowest BCUT2D eigenvalue weighted by atomic mass is 10.0. The molecule has 0 spiro atoms. The molecule has 0 atom stereocenters. The van der Waals surface area contributed by atoms with Crippen LogP contribution in [0.15, 0.2) is 42.0 Å². The van der Waals surface area contributed by atoms with Crippen LogP contribution >= 0.6 is 23.2 Å². The summed E-state index contributed by atoms with van der Waals surface area (Å²) < 4.78 is 10.9. The molecule has 2 aliphatic rings. The lowest BCUT2D eigenvalue weighted by molar-refractivity contribution is -0.122. The minimum atomic E-state index is -0.893. The molecule has 10 heteroatoms. The van der Waals surface area contributed by atoms with E-state index in [9.17, 15) is 14.4 Å². The minimum Gasteiger partial charge on any atom is -0.496 e. The summed E-state index contributed by atoms with van der Waals surface area (Å²) in [6.07, 6.45) is 1.39. The maximum absolute atomic E-state index is 13.1. The molecule has 0 bridgehead atoms. The highest BCUT2D eigenvalue weighted by Crippen LogP contribution is 2.33. The molecule has 2 aliphatic heterocycles. The zero-order valence-corrected chi connectivity index (χ0v) is 18.6. The van der Waals surface area contributed by atoms with E-state index in [2.05, 4.69) is 10.2 Å². The van der Waals surface area contributed by atoms with Crippen LogP contribution < -0.4 is 19.9 Å². The molecule has 1 N–H and O–H groups in total. The van der Waals surface area contributed by atoms with Crippen molar-refractivity contribution in [2.24, 2.45) is 0 Å². The topological polar surface area (TPSA) is 88.2 Å². The Hall–Kier alpha value is -3.07. The number of benzene rings is 2. The Balaban J connectivity index is 1.69. The predicted molar refractivity (Wildman–Crippen MR) is 121 cm³/mol. The van der Waals surface area contributed by atoms with Crippen LogP contribution in [0.4, 0.5) is 16.2 Å². The number of carbonyl (C=O) groups is 3. The van der Waals surface area contributed by atoms with Gasteiger partial charge in [-0.1, -0.05) is 23.2 Å². The quantitative estimate of drug-likeness (QED) is 0.537. The molecule has 0 saturated carbocycles. The van der Waals surface area contributed by atoms with E-state index < -0.39 is 17.8 Å². The number of nitrogens with zero attached hydrogens (tertiary/aromatic N) is 2. The number of urea groups is 1. The number of nitrogens with one attached hydrogen (secondary N) is 1. The number of barbiturate groups is 1. The number of ether oxygens (including phenoxy) is 2. The first-order valence-corrected chi connectivity index (χ1v) is 10.5. The monoisotopic (exact) mass is 475 g/mol. The highest BCUT2D eigenvalue weighted by molar-refractivity contribution is 6.42. The molecule has 8 nitrogen and oxygen atoms in total. The van der Waals surface area contributed by atoms with Crippen molar-refractivity contribution in [1.82, 2.24) is 5.32 Å². The molecule has 0 aromatic heterocycles. The third kappa shape index (κ3) is 4.29. The zero-order valence-electron chi connectivity index (χ0n) is 17.1. The number of halogens is 2. The van der Waals surface area contributed by atoms with Gasteiger partial charge in [-0.05, 0) is 36.4 Å². The number of hydrogen-bond donors (Lipinski definition) is 1. The molecule has 32 heavy (non-hydrogen) atoms. The van der Waals surface area contributed by atoms with E-state index in [4.69, 9.17) is 32.7 Å². The Morgan fingerprint density at radius 1 is 1.06 bits per heavy atom. The normalized spacial score (nSPS) is 18.2. The van der Waals surface area contributed by atoms with E-state index >= 15 is 0 Å². The van der Waals surface area contributed by atoms with E-state index in [1.165, 1.54) is 31.4 Å². The fourth-order valence-corrected chi connectivity index (χ4v) is 4.02. The Kier molecular flexibility index (Phi) is 6.36. The Bertz CT molecular complexity index is 1130. The van der Waals surface area contributed by atoms with Gasteiger partial charge in [0.05, 0.1) is 31.0 Å². The van der Waals surface area contributed by atoms with Gasteiger partial charge in [-0.15, -0.1) is 0 Å². The summed E-state index contributed by atoms with van der Waals surface area (Å²) >= 11 is 12.1. The number of imide groups is 2. The number of carbonyl (C=O) groups excluding carboxylic acids is 3. The molecule has 0 unspecified atom stereocenters. The molecule has 2 aromatic rings. The van der Waals surface area contributed by atoms with E-state index in [-0.39, 0.29) is 16.3 Å². The van der Waals surface area contributed by atoms with Crippen LogP contribution in [-0.4, -0.2) is 51.3 Å². The van der Waals surface area contributed by atoms with Gasteiger partial charge in [-0.25, -0.2) is 9.69 Å². The fraction of sp³-hybridized carbons (Fsp3) is 0.227. The van der Waals surface area contributed by atoms with Gasteiger partial charge in [0, 0.05) is 35.4 Å². The summed E-state index contributed by atoms with van der Waals surface area (Å²) in [5, 5.41) is 2.62. The van der Waals surface area contributed by atoms with Gasteiger partial charge in [0.15, 0.2) is 0 Å². The van der Waals surface area contributed by atoms with Gasteiger partial charge in [-0.2, -0.15) is 0 Å². The third-order valence-corrected chi connectivity index (χ3v) is 5.68. The second-order valence-electron chi connectivity index (χ2n) is 7.08. The molecule has 2 heterocycles. The lowest BCUT2D eigenvalue weighted by Crippen LogP contribution is -2.54. The summed E-state index contributed by atoms with van der Waals surface area (Å²) in [6, 6.07) is 8.92. The average Bonchev–Trinajstić information content (AvgIpc) is 2.78. The molecule has 2 fully saturated rings. The van der Waals surface area contributed by atoms with Gasteiger partial charge < -0.3 is 14.4 Å². The van der Waals surface area contributed by atoms with Crippen LogP contribution in [0.2, 0.25) is 10.0 Å². The SMILES string of the molecule is COc1cc(N2CCOCC2)ccc1/C=C1\C(=O)NC(=O)N(c2ccc(Cl)cc2Cl)C1=O.